The van der Waals surface area contributed by atoms with Gasteiger partial charge in [0, 0.05) is 18.2 Å². The minimum absolute atomic E-state index is 0.0336. The monoisotopic (exact) mass is 239 g/mol. The average molecular weight is 239 g/mol. The molecule has 2 N–H and O–H groups in total. The minimum atomic E-state index is -0.355. The number of benzene rings is 1. The minimum Gasteiger partial charge on any atom is -0.493 e. The molecule has 1 rings (SSSR count). The van der Waals surface area contributed by atoms with Gasteiger partial charge in [0.25, 0.3) is 0 Å². The molecule has 0 radical (unpaired) electrons. The first-order valence-electron chi connectivity index (χ1n) is 5.49. The molecule has 0 bridgehead atoms. The first-order valence-corrected chi connectivity index (χ1v) is 5.49. The smallest absolute Gasteiger partial charge is 0.164 e. The van der Waals surface area contributed by atoms with E-state index < -0.39 is 0 Å². The summed E-state index contributed by atoms with van der Waals surface area (Å²) in [7, 11) is 1.52. The number of halogens is 1. The summed E-state index contributed by atoms with van der Waals surface area (Å²) in [4.78, 5) is 0. The van der Waals surface area contributed by atoms with Gasteiger partial charge in [0.1, 0.15) is 5.82 Å². The lowest BCUT2D eigenvalue weighted by Crippen LogP contribution is -2.07. The maximum atomic E-state index is 13.7. The molecule has 4 heteroatoms. The Balaban J connectivity index is 3.10. The summed E-state index contributed by atoms with van der Waals surface area (Å²) < 4.78 is 24.3. The first-order chi connectivity index (χ1) is 8.08. The number of rotatable bonds is 5. The van der Waals surface area contributed by atoms with Gasteiger partial charge in [-0.15, -0.1) is 0 Å². The van der Waals surface area contributed by atoms with Gasteiger partial charge in [0.15, 0.2) is 11.5 Å². The van der Waals surface area contributed by atoms with Crippen molar-refractivity contribution in [1.29, 1.82) is 0 Å². The van der Waals surface area contributed by atoms with Crippen molar-refractivity contribution in [2.24, 2.45) is 5.73 Å². The van der Waals surface area contributed by atoms with Gasteiger partial charge in [-0.1, -0.05) is 12.2 Å². The maximum Gasteiger partial charge on any atom is 0.164 e. The van der Waals surface area contributed by atoms with E-state index >= 15 is 0 Å². The van der Waals surface area contributed by atoms with Gasteiger partial charge in [-0.3, -0.25) is 0 Å². The fourth-order valence-corrected chi connectivity index (χ4v) is 1.38. The second-order valence-electron chi connectivity index (χ2n) is 3.83. The van der Waals surface area contributed by atoms with E-state index in [2.05, 4.69) is 0 Å². The van der Waals surface area contributed by atoms with Crippen LogP contribution in [0.5, 0.6) is 11.5 Å². The number of nitrogens with two attached hydrogens (primary N) is 1. The Hall–Kier alpha value is -1.55. The number of methoxy groups -OCH3 is 1. The van der Waals surface area contributed by atoms with Crippen molar-refractivity contribution in [2.45, 2.75) is 20.0 Å². The topological polar surface area (TPSA) is 44.5 Å². The zero-order chi connectivity index (χ0) is 12.8. The molecule has 0 atom stereocenters. The van der Waals surface area contributed by atoms with Crippen molar-refractivity contribution >= 4 is 6.08 Å². The van der Waals surface area contributed by atoms with Crippen LogP contribution in [-0.2, 0) is 0 Å². The Bertz CT molecular complexity index is 403. The zero-order valence-corrected chi connectivity index (χ0v) is 10.4. The standard InChI is InChI=1S/C13H18FNO2/c1-9(2)17-13-8-11(14)10(5-4-6-15)7-12(13)16-3/h4-5,7-9H,6,15H2,1-3H3/b5-4+. The van der Waals surface area contributed by atoms with Crippen LogP contribution in [0.4, 0.5) is 4.39 Å². The third kappa shape index (κ3) is 3.75. The number of ether oxygens (including phenoxy) is 2. The molecule has 0 saturated heterocycles. The van der Waals surface area contributed by atoms with Crippen LogP contribution in [0.25, 0.3) is 6.08 Å². The molecule has 0 aliphatic rings. The molecule has 0 amide bonds. The molecular formula is C13H18FNO2. The number of hydrogen-bond donors (Lipinski definition) is 1. The van der Waals surface area contributed by atoms with Gasteiger partial charge in [0.2, 0.25) is 0 Å². The van der Waals surface area contributed by atoms with E-state index in [4.69, 9.17) is 15.2 Å². The Morgan fingerprint density at radius 1 is 1.35 bits per heavy atom. The molecule has 0 aromatic heterocycles. The average Bonchev–Trinajstić information content (AvgIpc) is 2.27. The van der Waals surface area contributed by atoms with Crippen LogP contribution in [0, 0.1) is 5.82 Å². The second kappa shape index (κ2) is 6.25. The SMILES string of the molecule is COc1cc(/C=C/CN)c(F)cc1OC(C)C. The largest absolute Gasteiger partial charge is 0.493 e. The molecule has 1 aromatic rings. The van der Waals surface area contributed by atoms with Crippen LogP contribution in [0.3, 0.4) is 0 Å². The van der Waals surface area contributed by atoms with Crippen LogP contribution in [0.1, 0.15) is 19.4 Å². The van der Waals surface area contributed by atoms with E-state index in [0.29, 0.717) is 23.6 Å². The van der Waals surface area contributed by atoms with Gasteiger partial charge in [0.05, 0.1) is 13.2 Å². The summed E-state index contributed by atoms with van der Waals surface area (Å²) in [5, 5.41) is 0. The first kappa shape index (κ1) is 13.5. The van der Waals surface area contributed by atoms with E-state index in [9.17, 15) is 4.39 Å². The van der Waals surface area contributed by atoms with E-state index in [0.717, 1.165) is 0 Å². The van der Waals surface area contributed by atoms with Crippen LogP contribution in [0.15, 0.2) is 18.2 Å². The molecule has 0 spiro atoms. The van der Waals surface area contributed by atoms with E-state index in [-0.39, 0.29) is 11.9 Å². The molecule has 17 heavy (non-hydrogen) atoms. The fraction of sp³-hybridized carbons (Fsp3) is 0.385. The second-order valence-corrected chi connectivity index (χ2v) is 3.83. The van der Waals surface area contributed by atoms with Crippen LogP contribution < -0.4 is 15.2 Å². The van der Waals surface area contributed by atoms with Gasteiger partial charge >= 0.3 is 0 Å². The van der Waals surface area contributed by atoms with E-state index in [1.807, 2.05) is 13.8 Å². The summed E-state index contributed by atoms with van der Waals surface area (Å²) in [6.45, 7) is 4.12. The predicted molar refractivity (Wildman–Crippen MR) is 66.8 cm³/mol. The highest BCUT2D eigenvalue weighted by atomic mass is 19.1. The highest BCUT2D eigenvalue weighted by molar-refractivity contribution is 5.56. The Kier molecular flexibility index (Phi) is 4.97. The molecule has 0 aliphatic heterocycles. The summed E-state index contributed by atoms with van der Waals surface area (Å²) in [5.41, 5.74) is 5.76. The maximum absolute atomic E-state index is 13.7. The van der Waals surface area contributed by atoms with Crippen molar-refractivity contribution in [2.75, 3.05) is 13.7 Å². The third-order valence-electron chi connectivity index (χ3n) is 2.08. The lowest BCUT2D eigenvalue weighted by atomic mass is 10.1. The number of hydrogen-bond acceptors (Lipinski definition) is 3. The lowest BCUT2D eigenvalue weighted by Gasteiger charge is -2.14. The van der Waals surface area contributed by atoms with Gasteiger partial charge < -0.3 is 15.2 Å². The summed E-state index contributed by atoms with van der Waals surface area (Å²) in [6.07, 6.45) is 3.27. The van der Waals surface area contributed by atoms with Crippen molar-refractivity contribution in [1.82, 2.24) is 0 Å². The van der Waals surface area contributed by atoms with Crippen molar-refractivity contribution in [3.05, 3.63) is 29.6 Å². The summed E-state index contributed by atoms with van der Waals surface area (Å²) in [6, 6.07) is 2.92. The molecule has 0 unspecified atom stereocenters. The lowest BCUT2D eigenvalue weighted by molar-refractivity contribution is 0.229. The summed E-state index contributed by atoms with van der Waals surface area (Å²) >= 11 is 0. The van der Waals surface area contributed by atoms with Crippen LogP contribution >= 0.6 is 0 Å². The molecular weight excluding hydrogens is 221 g/mol. The van der Waals surface area contributed by atoms with Crippen molar-refractivity contribution in [3.63, 3.8) is 0 Å². The van der Waals surface area contributed by atoms with E-state index in [1.54, 1.807) is 18.2 Å². The van der Waals surface area contributed by atoms with Gasteiger partial charge in [-0.05, 0) is 19.9 Å². The zero-order valence-electron chi connectivity index (χ0n) is 10.4. The highest BCUT2D eigenvalue weighted by Gasteiger charge is 2.11. The normalized spacial score (nSPS) is 11.2. The van der Waals surface area contributed by atoms with E-state index in [1.165, 1.54) is 13.2 Å². The Morgan fingerprint density at radius 3 is 2.59 bits per heavy atom. The van der Waals surface area contributed by atoms with Crippen LogP contribution in [0.2, 0.25) is 0 Å². The molecule has 94 valence electrons. The molecule has 1 aromatic carbocycles. The highest BCUT2D eigenvalue weighted by Crippen LogP contribution is 2.31. The van der Waals surface area contributed by atoms with Crippen molar-refractivity contribution in [3.8, 4) is 11.5 Å². The Morgan fingerprint density at radius 2 is 2.06 bits per heavy atom. The molecule has 0 aliphatic carbocycles. The van der Waals surface area contributed by atoms with Crippen LogP contribution in [-0.4, -0.2) is 19.8 Å². The molecule has 3 nitrogen and oxygen atoms in total. The molecule has 0 saturated carbocycles. The van der Waals surface area contributed by atoms with Gasteiger partial charge in [-0.25, -0.2) is 4.39 Å². The quantitative estimate of drug-likeness (QED) is 0.859. The fourth-order valence-electron chi connectivity index (χ4n) is 1.38. The Labute approximate surface area is 101 Å². The van der Waals surface area contributed by atoms with Crippen molar-refractivity contribution < 1.29 is 13.9 Å². The molecule has 0 heterocycles. The predicted octanol–water partition coefficient (Wildman–Crippen LogP) is 2.59. The molecule has 0 fully saturated rings. The summed E-state index contributed by atoms with van der Waals surface area (Å²) in [5.74, 6) is 0.563. The third-order valence-corrected chi connectivity index (χ3v) is 2.08. The van der Waals surface area contributed by atoms with Gasteiger partial charge in [-0.2, -0.15) is 0 Å².